The number of amides is 1. The summed E-state index contributed by atoms with van der Waals surface area (Å²) in [6.07, 6.45) is 4.15. The van der Waals surface area contributed by atoms with Gasteiger partial charge in [-0.3, -0.25) is 4.79 Å². The quantitative estimate of drug-likeness (QED) is 0.816. The molecule has 1 fully saturated rings. The van der Waals surface area contributed by atoms with Crippen LogP contribution in [0.4, 0.5) is 11.4 Å². The first-order valence-electron chi connectivity index (χ1n) is 7.81. The van der Waals surface area contributed by atoms with Crippen LogP contribution in [0.25, 0.3) is 0 Å². The number of nitrogen functional groups attached to an aromatic ring is 1. The minimum Gasteiger partial charge on any atom is -0.399 e. The first-order chi connectivity index (χ1) is 10.0. The molecule has 3 unspecified atom stereocenters. The van der Waals surface area contributed by atoms with Crippen LogP contribution in [0.5, 0.6) is 0 Å². The molecule has 3 atom stereocenters. The van der Waals surface area contributed by atoms with Gasteiger partial charge < -0.3 is 15.8 Å². The number of hydrogen-bond acceptors (Lipinski definition) is 3. The Morgan fingerprint density at radius 2 is 2.14 bits per heavy atom. The first-order valence-corrected chi connectivity index (χ1v) is 7.81. The van der Waals surface area contributed by atoms with E-state index in [-0.39, 0.29) is 5.91 Å². The van der Waals surface area contributed by atoms with Crippen molar-refractivity contribution in [2.45, 2.75) is 45.6 Å². The minimum atomic E-state index is -0.0298. The standard InChI is InChI=1S/C17H26N2O2/c1-12-6-7-16(10-13(12)2)21-9-8-17(20)19-15-5-3-4-14(18)11-15/h3-5,11-13,16H,6-10,18H2,1-2H3,(H,19,20). The highest BCUT2D eigenvalue weighted by molar-refractivity contribution is 5.91. The summed E-state index contributed by atoms with van der Waals surface area (Å²) in [7, 11) is 0. The molecule has 0 saturated heterocycles. The molecule has 21 heavy (non-hydrogen) atoms. The Labute approximate surface area is 127 Å². The Balaban J connectivity index is 1.68. The summed E-state index contributed by atoms with van der Waals surface area (Å²) >= 11 is 0. The summed E-state index contributed by atoms with van der Waals surface area (Å²) in [6.45, 7) is 5.08. The number of hydrogen-bond donors (Lipinski definition) is 2. The van der Waals surface area contributed by atoms with Crippen molar-refractivity contribution in [2.24, 2.45) is 11.8 Å². The average molecular weight is 290 g/mol. The lowest BCUT2D eigenvalue weighted by Gasteiger charge is -2.31. The van der Waals surface area contributed by atoms with Crippen molar-refractivity contribution < 1.29 is 9.53 Å². The number of rotatable bonds is 5. The van der Waals surface area contributed by atoms with Crippen molar-refractivity contribution in [3.63, 3.8) is 0 Å². The van der Waals surface area contributed by atoms with Crippen LogP contribution in [-0.2, 0) is 9.53 Å². The Morgan fingerprint density at radius 3 is 2.86 bits per heavy atom. The number of anilines is 2. The molecule has 116 valence electrons. The summed E-state index contributed by atoms with van der Waals surface area (Å²) in [5, 5.41) is 2.84. The lowest BCUT2D eigenvalue weighted by atomic mass is 9.80. The van der Waals surface area contributed by atoms with E-state index in [0.29, 0.717) is 30.7 Å². The third-order valence-electron chi connectivity index (χ3n) is 4.40. The maximum atomic E-state index is 11.8. The first kappa shape index (κ1) is 15.8. The second kappa shape index (κ2) is 7.46. The molecule has 3 N–H and O–H groups in total. The van der Waals surface area contributed by atoms with Gasteiger partial charge in [0.1, 0.15) is 0 Å². The predicted octanol–water partition coefficient (Wildman–Crippen LogP) is 3.44. The van der Waals surface area contributed by atoms with E-state index in [1.807, 2.05) is 12.1 Å². The molecule has 0 aromatic heterocycles. The summed E-state index contributed by atoms with van der Waals surface area (Å²) in [6, 6.07) is 7.21. The Kier molecular flexibility index (Phi) is 5.62. The van der Waals surface area contributed by atoms with Crippen LogP contribution in [0.2, 0.25) is 0 Å². The van der Waals surface area contributed by atoms with Crippen molar-refractivity contribution in [1.82, 2.24) is 0 Å². The van der Waals surface area contributed by atoms with E-state index in [1.54, 1.807) is 12.1 Å². The van der Waals surface area contributed by atoms with E-state index < -0.39 is 0 Å². The summed E-state index contributed by atoms with van der Waals surface area (Å²) in [5.41, 5.74) is 7.06. The van der Waals surface area contributed by atoms with Gasteiger partial charge in [-0.15, -0.1) is 0 Å². The molecule has 4 nitrogen and oxygen atoms in total. The van der Waals surface area contributed by atoms with Gasteiger partial charge >= 0.3 is 0 Å². The highest BCUT2D eigenvalue weighted by atomic mass is 16.5. The topological polar surface area (TPSA) is 64.3 Å². The smallest absolute Gasteiger partial charge is 0.226 e. The van der Waals surface area contributed by atoms with E-state index >= 15 is 0 Å². The zero-order chi connectivity index (χ0) is 15.2. The van der Waals surface area contributed by atoms with Crippen LogP contribution in [0, 0.1) is 11.8 Å². The molecule has 0 radical (unpaired) electrons. The van der Waals surface area contributed by atoms with Gasteiger partial charge in [0.25, 0.3) is 0 Å². The summed E-state index contributed by atoms with van der Waals surface area (Å²) in [5.74, 6) is 1.47. The van der Waals surface area contributed by atoms with E-state index in [0.717, 1.165) is 24.4 Å². The molecule has 2 rings (SSSR count). The number of carbonyl (C=O) groups is 1. The molecular formula is C17H26N2O2. The molecule has 4 heteroatoms. The number of ether oxygens (including phenoxy) is 1. The van der Waals surface area contributed by atoms with Gasteiger partial charge in [-0.05, 0) is 49.3 Å². The van der Waals surface area contributed by atoms with Gasteiger partial charge in [0.2, 0.25) is 5.91 Å². The van der Waals surface area contributed by atoms with E-state index in [2.05, 4.69) is 19.2 Å². The maximum absolute atomic E-state index is 11.8. The second-order valence-electron chi connectivity index (χ2n) is 6.18. The minimum absolute atomic E-state index is 0.0298. The van der Waals surface area contributed by atoms with Gasteiger partial charge in [0, 0.05) is 11.4 Å². The molecule has 0 heterocycles. The van der Waals surface area contributed by atoms with Gasteiger partial charge in [-0.1, -0.05) is 19.9 Å². The van der Waals surface area contributed by atoms with Crippen LogP contribution < -0.4 is 11.1 Å². The molecular weight excluding hydrogens is 264 g/mol. The fourth-order valence-corrected chi connectivity index (χ4v) is 2.81. The molecule has 0 bridgehead atoms. The molecule has 0 aliphatic heterocycles. The van der Waals surface area contributed by atoms with Crippen molar-refractivity contribution in [1.29, 1.82) is 0 Å². The van der Waals surface area contributed by atoms with Gasteiger partial charge in [-0.25, -0.2) is 0 Å². The van der Waals surface area contributed by atoms with E-state index in [4.69, 9.17) is 10.5 Å². The van der Waals surface area contributed by atoms with Crippen molar-refractivity contribution >= 4 is 17.3 Å². The lowest BCUT2D eigenvalue weighted by molar-refractivity contribution is -0.118. The van der Waals surface area contributed by atoms with Crippen LogP contribution in [0.15, 0.2) is 24.3 Å². The molecule has 1 aliphatic rings. The average Bonchev–Trinajstić information content (AvgIpc) is 2.43. The van der Waals surface area contributed by atoms with Gasteiger partial charge in [0.05, 0.1) is 19.1 Å². The summed E-state index contributed by atoms with van der Waals surface area (Å²) < 4.78 is 5.85. The number of benzene rings is 1. The third kappa shape index (κ3) is 5.05. The maximum Gasteiger partial charge on any atom is 0.226 e. The largest absolute Gasteiger partial charge is 0.399 e. The van der Waals surface area contributed by atoms with E-state index in [9.17, 15) is 4.79 Å². The third-order valence-corrected chi connectivity index (χ3v) is 4.40. The zero-order valence-electron chi connectivity index (χ0n) is 13.0. The Hall–Kier alpha value is -1.55. The summed E-state index contributed by atoms with van der Waals surface area (Å²) in [4.78, 5) is 11.8. The number of nitrogens with two attached hydrogens (primary N) is 1. The second-order valence-corrected chi connectivity index (χ2v) is 6.18. The molecule has 1 saturated carbocycles. The SMILES string of the molecule is CC1CCC(OCCC(=O)Nc2cccc(N)c2)CC1C. The van der Waals surface area contributed by atoms with Crippen LogP contribution in [0.1, 0.15) is 39.5 Å². The Bertz CT molecular complexity index is 476. The van der Waals surface area contributed by atoms with Crippen molar-refractivity contribution in [2.75, 3.05) is 17.7 Å². The fourth-order valence-electron chi connectivity index (χ4n) is 2.81. The Morgan fingerprint density at radius 1 is 1.33 bits per heavy atom. The number of carbonyl (C=O) groups excluding carboxylic acids is 1. The van der Waals surface area contributed by atoms with Crippen molar-refractivity contribution in [3.8, 4) is 0 Å². The predicted molar refractivity (Wildman–Crippen MR) is 86.0 cm³/mol. The highest BCUT2D eigenvalue weighted by Crippen LogP contribution is 2.30. The zero-order valence-corrected chi connectivity index (χ0v) is 13.0. The van der Waals surface area contributed by atoms with Crippen LogP contribution >= 0.6 is 0 Å². The van der Waals surface area contributed by atoms with Crippen molar-refractivity contribution in [3.05, 3.63) is 24.3 Å². The van der Waals surface area contributed by atoms with Gasteiger partial charge in [-0.2, -0.15) is 0 Å². The molecule has 0 spiro atoms. The van der Waals surface area contributed by atoms with Crippen LogP contribution in [0.3, 0.4) is 0 Å². The molecule has 1 aromatic carbocycles. The van der Waals surface area contributed by atoms with E-state index in [1.165, 1.54) is 6.42 Å². The number of nitrogens with one attached hydrogen (secondary N) is 1. The normalized spacial score (nSPS) is 25.5. The monoisotopic (exact) mass is 290 g/mol. The highest BCUT2D eigenvalue weighted by Gasteiger charge is 2.24. The fraction of sp³-hybridized carbons (Fsp3) is 0.588. The molecule has 1 amide bonds. The van der Waals surface area contributed by atoms with Crippen LogP contribution in [-0.4, -0.2) is 18.6 Å². The molecule has 1 aliphatic carbocycles. The van der Waals surface area contributed by atoms with Gasteiger partial charge in [0.15, 0.2) is 0 Å². The lowest BCUT2D eigenvalue weighted by Crippen LogP contribution is -2.27. The molecule has 1 aromatic rings.